The first kappa shape index (κ1) is 16.2. The van der Waals surface area contributed by atoms with Crippen molar-refractivity contribution in [2.75, 3.05) is 5.32 Å². The lowest BCUT2D eigenvalue weighted by Gasteiger charge is -2.10. The number of nitrogens with zero attached hydrogens (tertiary/aromatic N) is 1. The average molecular weight is 287 g/mol. The van der Waals surface area contributed by atoms with Crippen molar-refractivity contribution in [2.45, 2.75) is 26.8 Å². The zero-order chi connectivity index (χ0) is 16.0. The van der Waals surface area contributed by atoms with Crippen molar-refractivity contribution in [3.8, 4) is 6.07 Å². The van der Waals surface area contributed by atoms with Crippen LogP contribution in [0.15, 0.2) is 30.0 Å². The number of aliphatic carboxylic acids is 1. The Kier molecular flexibility index (Phi) is 5.49. The highest BCUT2D eigenvalue weighted by Gasteiger charge is 2.13. The first-order chi connectivity index (χ1) is 9.86. The van der Waals surface area contributed by atoms with Gasteiger partial charge in [0.05, 0.1) is 0 Å². The summed E-state index contributed by atoms with van der Waals surface area (Å²) in [7, 11) is 0. The van der Waals surface area contributed by atoms with E-state index in [0.29, 0.717) is 5.69 Å². The first-order valence-electron chi connectivity index (χ1n) is 6.33. The molecule has 1 aromatic rings. The molecule has 0 saturated carbocycles. The van der Waals surface area contributed by atoms with Crippen molar-refractivity contribution >= 4 is 17.6 Å². The third-order valence-corrected chi connectivity index (χ3v) is 3.07. The summed E-state index contributed by atoms with van der Waals surface area (Å²) in [6.45, 7) is 5.20. The molecule has 0 fully saturated rings. The Labute approximate surface area is 123 Å². The van der Waals surface area contributed by atoms with E-state index in [1.165, 1.54) is 6.92 Å². The van der Waals surface area contributed by atoms with E-state index in [9.17, 15) is 9.59 Å². The number of hydrogen-bond donors (Lipinski definition) is 3. The van der Waals surface area contributed by atoms with Gasteiger partial charge in [0.25, 0.3) is 5.91 Å². The van der Waals surface area contributed by atoms with Crippen LogP contribution in [0.4, 0.5) is 5.69 Å². The highest BCUT2D eigenvalue weighted by atomic mass is 16.4. The number of anilines is 1. The summed E-state index contributed by atoms with van der Waals surface area (Å²) in [6, 6.07) is 6.32. The van der Waals surface area contributed by atoms with E-state index in [1.807, 2.05) is 19.9 Å². The molecule has 6 nitrogen and oxygen atoms in total. The van der Waals surface area contributed by atoms with Crippen molar-refractivity contribution in [1.82, 2.24) is 5.32 Å². The molecule has 1 unspecified atom stereocenters. The van der Waals surface area contributed by atoms with Crippen molar-refractivity contribution in [1.29, 1.82) is 5.26 Å². The van der Waals surface area contributed by atoms with Crippen LogP contribution in [0.5, 0.6) is 0 Å². The number of carboxylic acid groups (broad SMARTS) is 1. The Morgan fingerprint density at radius 3 is 2.62 bits per heavy atom. The van der Waals surface area contributed by atoms with Gasteiger partial charge in [-0.15, -0.1) is 0 Å². The van der Waals surface area contributed by atoms with Crippen molar-refractivity contribution in [3.63, 3.8) is 0 Å². The maximum absolute atomic E-state index is 12.0. The summed E-state index contributed by atoms with van der Waals surface area (Å²) in [6.07, 6.45) is 1.11. The van der Waals surface area contributed by atoms with Crippen LogP contribution in [-0.4, -0.2) is 23.0 Å². The summed E-state index contributed by atoms with van der Waals surface area (Å²) in [4.78, 5) is 22.7. The van der Waals surface area contributed by atoms with Gasteiger partial charge in [-0.25, -0.2) is 0 Å². The third kappa shape index (κ3) is 4.35. The predicted octanol–water partition coefficient (Wildman–Crippen LogP) is 1.71. The molecule has 1 rings (SSSR count). The number of nitriles is 1. The number of amides is 1. The molecule has 6 heteroatoms. The van der Waals surface area contributed by atoms with Crippen LogP contribution in [0, 0.1) is 25.2 Å². The van der Waals surface area contributed by atoms with Crippen LogP contribution in [-0.2, 0) is 9.59 Å². The molecule has 0 bridgehead atoms. The van der Waals surface area contributed by atoms with E-state index < -0.39 is 17.9 Å². The highest BCUT2D eigenvalue weighted by molar-refractivity contribution is 6.06. The highest BCUT2D eigenvalue weighted by Crippen LogP contribution is 2.18. The van der Waals surface area contributed by atoms with Crippen molar-refractivity contribution in [3.05, 3.63) is 41.1 Å². The Bertz CT molecular complexity index is 630. The molecule has 1 amide bonds. The van der Waals surface area contributed by atoms with E-state index >= 15 is 0 Å². The topological polar surface area (TPSA) is 102 Å². The number of benzene rings is 1. The number of nitrogens with one attached hydrogen (secondary N) is 2. The second kappa shape index (κ2) is 7.10. The van der Waals surface area contributed by atoms with E-state index in [4.69, 9.17) is 10.4 Å². The summed E-state index contributed by atoms with van der Waals surface area (Å²) in [5.41, 5.74) is 2.36. The SMILES string of the molecule is Cc1cccc(NC(=O)/C(C#N)=C\NC(C)C(=O)O)c1C. The molecule has 0 saturated heterocycles. The summed E-state index contributed by atoms with van der Waals surface area (Å²) >= 11 is 0. The molecule has 0 aromatic heterocycles. The Balaban J connectivity index is 2.86. The van der Waals surface area contributed by atoms with Gasteiger partial charge in [0.1, 0.15) is 17.7 Å². The van der Waals surface area contributed by atoms with E-state index in [1.54, 1.807) is 18.2 Å². The second-order valence-electron chi connectivity index (χ2n) is 4.60. The largest absolute Gasteiger partial charge is 0.480 e. The monoisotopic (exact) mass is 287 g/mol. The van der Waals surface area contributed by atoms with Gasteiger partial charge in [-0.1, -0.05) is 12.1 Å². The fourth-order valence-electron chi connectivity index (χ4n) is 1.50. The molecule has 0 aliphatic rings. The number of hydrogen-bond acceptors (Lipinski definition) is 4. The van der Waals surface area contributed by atoms with Crippen molar-refractivity contribution in [2.24, 2.45) is 0 Å². The normalized spacial score (nSPS) is 12.2. The van der Waals surface area contributed by atoms with E-state index in [2.05, 4.69) is 10.6 Å². The van der Waals surface area contributed by atoms with Gasteiger partial charge in [0.2, 0.25) is 0 Å². The lowest BCUT2D eigenvalue weighted by Crippen LogP contribution is -2.30. The maximum Gasteiger partial charge on any atom is 0.325 e. The number of carboxylic acids is 1. The van der Waals surface area contributed by atoms with Gasteiger partial charge in [0, 0.05) is 11.9 Å². The molecule has 21 heavy (non-hydrogen) atoms. The number of carbonyl (C=O) groups is 2. The molecule has 110 valence electrons. The van der Waals surface area contributed by atoms with E-state index in [-0.39, 0.29) is 5.57 Å². The number of rotatable bonds is 5. The quantitative estimate of drug-likeness (QED) is 0.565. The standard InChI is InChI=1S/C15H17N3O3/c1-9-5-4-6-13(10(9)2)18-14(19)12(7-16)8-17-11(3)15(20)21/h4-6,8,11,17H,1-3H3,(H,18,19)(H,20,21)/b12-8-. The Hall–Kier alpha value is -2.81. The zero-order valence-electron chi connectivity index (χ0n) is 12.1. The molecule has 3 N–H and O–H groups in total. The summed E-state index contributed by atoms with van der Waals surface area (Å²) < 4.78 is 0. The molecule has 1 atom stereocenters. The molecule has 0 spiro atoms. The van der Waals surface area contributed by atoms with E-state index in [0.717, 1.165) is 17.3 Å². The van der Waals surface area contributed by atoms with Gasteiger partial charge in [-0.05, 0) is 38.0 Å². The maximum atomic E-state index is 12.0. The minimum Gasteiger partial charge on any atom is -0.480 e. The smallest absolute Gasteiger partial charge is 0.325 e. The van der Waals surface area contributed by atoms with Gasteiger partial charge in [-0.3, -0.25) is 9.59 Å². The van der Waals surface area contributed by atoms with Crippen molar-refractivity contribution < 1.29 is 14.7 Å². The van der Waals surface area contributed by atoms with Crippen LogP contribution in [0.1, 0.15) is 18.1 Å². The fraction of sp³-hybridized carbons (Fsp3) is 0.267. The predicted molar refractivity (Wildman–Crippen MR) is 78.5 cm³/mol. The number of carbonyl (C=O) groups excluding carboxylic acids is 1. The number of aryl methyl sites for hydroxylation is 1. The molecule has 0 heterocycles. The molecule has 1 aromatic carbocycles. The van der Waals surface area contributed by atoms with Gasteiger partial charge >= 0.3 is 5.97 Å². The Morgan fingerprint density at radius 2 is 2.05 bits per heavy atom. The van der Waals surface area contributed by atoms with Gasteiger partial charge in [-0.2, -0.15) is 5.26 Å². The molecular weight excluding hydrogens is 270 g/mol. The minimum atomic E-state index is -1.07. The van der Waals surface area contributed by atoms with Crippen LogP contribution < -0.4 is 10.6 Å². The van der Waals surface area contributed by atoms with Crippen LogP contribution in [0.2, 0.25) is 0 Å². The Morgan fingerprint density at radius 1 is 1.38 bits per heavy atom. The van der Waals surface area contributed by atoms with Crippen LogP contribution >= 0.6 is 0 Å². The zero-order valence-corrected chi connectivity index (χ0v) is 12.1. The van der Waals surface area contributed by atoms with Crippen LogP contribution in [0.25, 0.3) is 0 Å². The third-order valence-electron chi connectivity index (χ3n) is 3.07. The van der Waals surface area contributed by atoms with Gasteiger partial charge in [0.15, 0.2) is 0 Å². The molecule has 0 aliphatic carbocycles. The first-order valence-corrected chi connectivity index (χ1v) is 6.33. The average Bonchev–Trinajstić information content (AvgIpc) is 2.44. The molecular formula is C15H17N3O3. The second-order valence-corrected chi connectivity index (χ2v) is 4.60. The minimum absolute atomic E-state index is 0.191. The lowest BCUT2D eigenvalue weighted by atomic mass is 10.1. The lowest BCUT2D eigenvalue weighted by molar-refractivity contribution is -0.138. The van der Waals surface area contributed by atoms with Gasteiger partial charge < -0.3 is 15.7 Å². The molecule has 0 aliphatic heterocycles. The summed E-state index contributed by atoms with van der Waals surface area (Å²) in [5.74, 6) is -1.66. The molecule has 0 radical (unpaired) electrons. The van der Waals surface area contributed by atoms with Crippen LogP contribution in [0.3, 0.4) is 0 Å². The fourth-order valence-corrected chi connectivity index (χ4v) is 1.50. The summed E-state index contributed by atoms with van der Waals surface area (Å²) in [5, 5.41) is 22.8.